The summed E-state index contributed by atoms with van der Waals surface area (Å²) in [5.41, 5.74) is 16.0. The number of aliphatic imine (C=N–C) groups is 1. The summed E-state index contributed by atoms with van der Waals surface area (Å²) in [4.78, 5) is 64.7. The number of likely N-dealkylation sites (tertiary alicyclic amines) is 1. The third-order valence-corrected chi connectivity index (χ3v) is 15.7. The predicted octanol–water partition coefficient (Wildman–Crippen LogP) is 4.13. The number of hydrogen-bond acceptors (Lipinski definition) is 15. The molecule has 6 heterocycles. The van der Waals surface area contributed by atoms with E-state index < -0.39 is 16.7 Å². The van der Waals surface area contributed by atoms with E-state index >= 15 is 0 Å². The van der Waals surface area contributed by atoms with E-state index in [4.69, 9.17) is 31.5 Å². The molecule has 2 aromatic carbocycles. The first kappa shape index (κ1) is 51.3. The van der Waals surface area contributed by atoms with Crippen molar-refractivity contribution in [1.82, 2.24) is 54.6 Å². The third-order valence-electron chi connectivity index (χ3n) is 15.7. The van der Waals surface area contributed by atoms with Crippen molar-refractivity contribution in [3.05, 3.63) is 120 Å². The number of ether oxygens (including phenoxy) is 2. The van der Waals surface area contributed by atoms with Crippen LogP contribution in [0, 0.1) is 16.7 Å². The molecule has 4 fully saturated rings. The van der Waals surface area contributed by atoms with E-state index in [2.05, 4.69) is 40.4 Å². The van der Waals surface area contributed by atoms with Gasteiger partial charge in [0.05, 0.1) is 34.9 Å². The van der Waals surface area contributed by atoms with Crippen LogP contribution in [0.25, 0.3) is 22.3 Å². The number of carbonyl (C=O) groups is 3. The molecule has 22 heteroatoms. The molecule has 10 rings (SSSR count). The number of amides is 3. The van der Waals surface area contributed by atoms with Crippen molar-refractivity contribution in [3.8, 4) is 22.3 Å². The molecular weight excluding hydrogens is 969 g/mol. The lowest BCUT2D eigenvalue weighted by atomic mass is 9.58. The number of amidine groups is 2. The van der Waals surface area contributed by atoms with Crippen molar-refractivity contribution in [1.29, 1.82) is 10.8 Å². The van der Waals surface area contributed by atoms with Crippen molar-refractivity contribution in [3.63, 3.8) is 0 Å². The van der Waals surface area contributed by atoms with Gasteiger partial charge in [0.15, 0.2) is 0 Å². The third kappa shape index (κ3) is 10.9. The molecule has 2 saturated carbocycles. The van der Waals surface area contributed by atoms with E-state index in [1.165, 1.54) is 28.0 Å². The molecule has 394 valence electrons. The average Bonchev–Trinajstić information content (AvgIpc) is 4.10. The summed E-state index contributed by atoms with van der Waals surface area (Å²) in [6.07, 6.45) is 19.2. The highest BCUT2D eigenvalue weighted by Crippen LogP contribution is 2.49. The lowest BCUT2D eigenvalue weighted by Gasteiger charge is -2.48. The van der Waals surface area contributed by atoms with Crippen LogP contribution in [0.2, 0.25) is 0 Å². The lowest BCUT2D eigenvalue weighted by Crippen LogP contribution is -2.55. The molecule has 0 spiro atoms. The fraction of sp³-hybridized carbons (Fsp3) is 0.407. The molecule has 2 aliphatic carbocycles. The molecule has 4 aliphatic rings. The highest BCUT2D eigenvalue weighted by molar-refractivity contribution is 6.09. The normalized spacial score (nSPS) is 19.8. The fourth-order valence-electron chi connectivity index (χ4n) is 10.8. The standard InChI is InChI=1S/C54H62N16O6/c1-67(43-13-19-75-20-14-43)45(71)31-69-29-39(27-63-69)48(74)66-50(56)54(42-9-5-36(6-10-42)38-25-61-52(58)62-26-38)21-34(22-54)33-76-44-11-17-68(18-12-44)46(72)32-70-30-40(28-64-70)47(73)65-49(55)53(15-2-16-53)41-7-3-35(4-8-41)37-23-59-51(57)60-24-37/h3-10,23-30,34,43-44H,2,11-22,31-33H2,1H3,(H2,55,65,73)(H2,56,66,74)(H2,57,59,60)(H2,58,61,62)/p+1. The Morgan fingerprint density at radius 2 is 1.30 bits per heavy atom. The van der Waals surface area contributed by atoms with Gasteiger partial charge in [-0.05, 0) is 79.5 Å². The van der Waals surface area contributed by atoms with Crippen LogP contribution in [0.5, 0.6) is 0 Å². The number of nitrogens with zero attached hydrogens (tertiary/aromatic N) is 11. The van der Waals surface area contributed by atoms with E-state index in [1.54, 1.807) is 42.9 Å². The Balaban J connectivity index is 0.714. The lowest BCUT2D eigenvalue weighted by molar-refractivity contribution is -0.135. The Kier molecular flexibility index (Phi) is 14.8. The number of hydrogen-bond donors (Lipinski definition) is 5. The predicted molar refractivity (Wildman–Crippen MR) is 283 cm³/mol. The molecule has 0 radical (unpaired) electrons. The summed E-state index contributed by atoms with van der Waals surface area (Å²) in [7, 11) is 1.78. The largest absolute Gasteiger partial charge is 0.578 e. The minimum Gasteiger partial charge on any atom is -0.578 e. The molecule has 0 bridgehead atoms. The smallest absolute Gasteiger partial charge is 0.369 e. The average molecular weight is 1030 g/mol. The van der Waals surface area contributed by atoms with Crippen LogP contribution in [-0.4, -0.2) is 142 Å². The van der Waals surface area contributed by atoms with Gasteiger partial charge in [0.25, 0.3) is 5.91 Å². The van der Waals surface area contributed by atoms with Crippen LogP contribution in [0.1, 0.15) is 84.8 Å². The molecule has 2 saturated heterocycles. The summed E-state index contributed by atoms with van der Waals surface area (Å²) < 4.78 is 14.9. The Morgan fingerprint density at radius 3 is 1.87 bits per heavy atom. The number of carbonyl (C=O) groups excluding carboxylic acids is 3. The fourth-order valence-corrected chi connectivity index (χ4v) is 10.8. The van der Waals surface area contributed by atoms with Crippen molar-refractivity contribution < 1.29 is 29.0 Å². The maximum Gasteiger partial charge on any atom is 0.369 e. The van der Waals surface area contributed by atoms with Crippen LogP contribution in [0.15, 0.2) is 103 Å². The Morgan fingerprint density at radius 1 is 0.763 bits per heavy atom. The topological polar surface area (TPSA) is 310 Å². The van der Waals surface area contributed by atoms with E-state index in [0.717, 1.165) is 65.5 Å². The second kappa shape index (κ2) is 21.9. The maximum atomic E-state index is 13.7. The molecular formula is C54H63N16O6+. The molecule has 9 N–H and O–H groups in total. The Hall–Kier alpha value is -8.24. The van der Waals surface area contributed by atoms with Crippen LogP contribution < -0.4 is 16.8 Å². The van der Waals surface area contributed by atoms with Gasteiger partial charge in [0.1, 0.15) is 30.3 Å². The van der Waals surface area contributed by atoms with Crippen molar-refractivity contribution >= 4 is 47.2 Å². The molecule has 0 atom stereocenters. The van der Waals surface area contributed by atoms with Gasteiger partial charge in [0, 0.05) is 94.3 Å². The number of nitrogens with one attached hydrogen (secondary N) is 3. The van der Waals surface area contributed by atoms with Crippen LogP contribution >= 0.6 is 0 Å². The first-order chi connectivity index (χ1) is 36.7. The van der Waals surface area contributed by atoms with E-state index in [0.29, 0.717) is 64.2 Å². The number of anilines is 2. The van der Waals surface area contributed by atoms with Gasteiger partial charge in [-0.2, -0.15) is 10.2 Å². The van der Waals surface area contributed by atoms with Crippen molar-refractivity contribution in [2.75, 3.05) is 51.4 Å². The highest BCUT2D eigenvalue weighted by atomic mass is 16.5. The van der Waals surface area contributed by atoms with Gasteiger partial charge in [-0.3, -0.25) is 34.6 Å². The zero-order chi connectivity index (χ0) is 53.0. The zero-order valence-electron chi connectivity index (χ0n) is 42.4. The first-order valence-corrected chi connectivity index (χ1v) is 25.7. The number of aromatic nitrogens is 8. The quantitative estimate of drug-likeness (QED) is 0.0518. The molecule has 0 unspecified atom stereocenters. The summed E-state index contributed by atoms with van der Waals surface area (Å²) in [6.45, 7) is 2.72. The van der Waals surface area contributed by atoms with Crippen LogP contribution in [0.3, 0.4) is 0 Å². The number of nitrogen functional groups attached to an aromatic ring is 2. The summed E-state index contributed by atoms with van der Waals surface area (Å²) >= 11 is 0. The van der Waals surface area contributed by atoms with E-state index in [9.17, 15) is 19.8 Å². The number of nitrogens with two attached hydrogens (primary N) is 2. The molecule has 3 amide bonds. The van der Waals surface area contributed by atoms with Crippen LogP contribution in [0.4, 0.5) is 11.9 Å². The first-order valence-electron chi connectivity index (χ1n) is 25.7. The van der Waals surface area contributed by atoms with Gasteiger partial charge in [-0.25, -0.2) is 19.9 Å². The van der Waals surface area contributed by atoms with Gasteiger partial charge >= 0.3 is 5.90 Å². The van der Waals surface area contributed by atoms with Gasteiger partial charge in [0.2, 0.25) is 23.7 Å². The Labute approximate surface area is 439 Å². The van der Waals surface area contributed by atoms with E-state index in [1.807, 2.05) is 53.4 Å². The Bertz CT molecular complexity index is 3100. The second-order valence-corrected chi connectivity index (χ2v) is 20.4. The van der Waals surface area contributed by atoms with E-state index in [-0.39, 0.29) is 78.0 Å². The van der Waals surface area contributed by atoms with Gasteiger partial charge < -0.3 is 41.2 Å². The van der Waals surface area contributed by atoms with Crippen molar-refractivity contribution in [2.45, 2.75) is 93.9 Å². The van der Waals surface area contributed by atoms with Crippen LogP contribution in [-0.2, 0) is 43.0 Å². The van der Waals surface area contributed by atoms with Crippen molar-refractivity contribution in [2.24, 2.45) is 10.9 Å². The number of likely N-dealkylation sites (N-methyl/N-ethyl adjacent to an activating group) is 1. The summed E-state index contributed by atoms with van der Waals surface area (Å²) in [5, 5.41) is 38.7. The minimum atomic E-state index is -0.795. The molecule has 2 aliphatic heterocycles. The monoisotopic (exact) mass is 1030 g/mol. The molecule has 6 aromatic rings. The van der Waals surface area contributed by atoms with Gasteiger partial charge in [-0.1, -0.05) is 55.0 Å². The SMILES string of the molecule is CN(C(=O)Cn1cc(C(=O)NC(=N)C2(c3ccc(-c4cnc(N)nc4)cc3)CC(COC3CCN(C(=O)Cn4cc(C([OH2+])=NC(=N)C5(c6ccc(-c7cnc(N)nc7)cc6)CCC5)cn4)CC3)C2)cn1)C1CCOCC1. The van der Waals surface area contributed by atoms with Gasteiger partial charge in [-0.15, -0.1) is 4.99 Å². The highest BCUT2D eigenvalue weighted by Gasteiger charge is 2.50. The maximum absolute atomic E-state index is 13.7. The molecule has 4 aromatic heterocycles. The zero-order valence-corrected chi connectivity index (χ0v) is 42.4. The number of rotatable bonds is 16. The molecule has 76 heavy (non-hydrogen) atoms. The summed E-state index contributed by atoms with van der Waals surface area (Å²) in [5.74, 6) is -0.0844. The summed E-state index contributed by atoms with van der Waals surface area (Å²) in [6, 6.07) is 15.9. The minimum absolute atomic E-state index is 0.00344. The second-order valence-electron chi connectivity index (χ2n) is 20.4. The number of benzene rings is 2. The molecule has 22 nitrogen and oxygen atoms in total. The number of piperidine rings is 1.